The number of ketones is 1. The van der Waals surface area contributed by atoms with Crippen LogP contribution in [-0.4, -0.2) is 17.9 Å². The van der Waals surface area contributed by atoms with Crippen LogP contribution in [0, 0.1) is 0 Å². The minimum absolute atomic E-state index is 0.0408. The van der Waals surface area contributed by atoms with Crippen LogP contribution in [0.1, 0.15) is 29.9 Å². The largest absolute Gasteiger partial charge is 0.496 e. The van der Waals surface area contributed by atoms with E-state index in [0.29, 0.717) is 5.69 Å². The molecule has 0 aliphatic carbocycles. The molecule has 0 bridgehead atoms. The number of hydrogen-bond acceptors (Lipinski definition) is 3. The molecule has 13 heavy (non-hydrogen) atoms. The van der Waals surface area contributed by atoms with Crippen LogP contribution in [0.4, 0.5) is 0 Å². The molecule has 0 saturated heterocycles. The second-order valence-corrected chi connectivity index (χ2v) is 2.79. The van der Waals surface area contributed by atoms with E-state index < -0.39 is 0 Å². The summed E-state index contributed by atoms with van der Waals surface area (Å²) >= 11 is 0. The van der Waals surface area contributed by atoms with Gasteiger partial charge >= 0.3 is 0 Å². The Bertz CT molecular complexity index is 321. The van der Waals surface area contributed by atoms with Gasteiger partial charge in [0.25, 0.3) is 0 Å². The topological polar surface area (TPSA) is 39.2 Å². The van der Waals surface area contributed by atoms with Crippen molar-refractivity contribution in [2.24, 2.45) is 0 Å². The molecule has 70 valence electrons. The molecule has 0 amide bonds. The Morgan fingerprint density at radius 3 is 2.77 bits per heavy atom. The van der Waals surface area contributed by atoms with Gasteiger partial charge in [0.15, 0.2) is 5.78 Å². The number of Topliss-reactive ketones (excluding diaryl/α,β-unsaturated/α-hetero) is 1. The van der Waals surface area contributed by atoms with E-state index in [1.807, 2.05) is 6.92 Å². The van der Waals surface area contributed by atoms with Crippen molar-refractivity contribution in [3.05, 3.63) is 23.5 Å². The number of aromatic nitrogens is 1. The van der Waals surface area contributed by atoms with Crippen molar-refractivity contribution in [1.29, 1.82) is 0 Å². The highest BCUT2D eigenvalue weighted by atomic mass is 16.5. The smallest absolute Gasteiger partial charge is 0.178 e. The molecule has 1 aromatic rings. The van der Waals surface area contributed by atoms with Crippen LogP contribution >= 0.6 is 0 Å². The molecule has 0 aliphatic heterocycles. The molecule has 0 saturated carbocycles. The van der Waals surface area contributed by atoms with E-state index in [1.54, 1.807) is 19.4 Å². The van der Waals surface area contributed by atoms with Crippen LogP contribution in [0.25, 0.3) is 0 Å². The van der Waals surface area contributed by atoms with Crippen molar-refractivity contribution in [3.8, 4) is 5.75 Å². The quantitative estimate of drug-likeness (QED) is 0.665. The molecule has 3 nitrogen and oxygen atoms in total. The molecule has 1 aromatic heterocycles. The van der Waals surface area contributed by atoms with E-state index in [2.05, 4.69) is 4.98 Å². The third-order valence-electron chi connectivity index (χ3n) is 1.91. The van der Waals surface area contributed by atoms with E-state index in [1.165, 1.54) is 6.92 Å². The van der Waals surface area contributed by atoms with E-state index in [0.717, 1.165) is 17.7 Å². The molecule has 0 fully saturated rings. The summed E-state index contributed by atoms with van der Waals surface area (Å²) in [6, 6.07) is 1.68. The van der Waals surface area contributed by atoms with Gasteiger partial charge in [0.2, 0.25) is 0 Å². The van der Waals surface area contributed by atoms with Crippen LogP contribution in [0.15, 0.2) is 12.3 Å². The summed E-state index contributed by atoms with van der Waals surface area (Å²) in [5, 5.41) is 0. The highest BCUT2D eigenvalue weighted by Crippen LogP contribution is 2.18. The number of nitrogens with zero attached hydrogens (tertiary/aromatic N) is 1. The lowest BCUT2D eigenvalue weighted by atomic mass is 10.1. The first kappa shape index (κ1) is 9.71. The summed E-state index contributed by atoms with van der Waals surface area (Å²) in [6.45, 7) is 3.51. The number of pyridine rings is 1. The molecular weight excluding hydrogens is 166 g/mol. The fourth-order valence-corrected chi connectivity index (χ4v) is 1.11. The Hall–Kier alpha value is -1.38. The summed E-state index contributed by atoms with van der Waals surface area (Å²) in [5.41, 5.74) is 1.47. The highest BCUT2D eigenvalue weighted by Gasteiger charge is 2.06. The van der Waals surface area contributed by atoms with Crippen LogP contribution < -0.4 is 4.74 Å². The standard InChI is InChI=1S/C10H13NO2/c1-4-8-6-11-9(7(2)12)5-10(8)13-3/h5-6H,4H2,1-3H3. The summed E-state index contributed by atoms with van der Waals surface area (Å²) in [6.07, 6.45) is 2.55. The van der Waals surface area contributed by atoms with E-state index in [4.69, 9.17) is 4.74 Å². The molecule has 0 spiro atoms. The summed E-state index contributed by atoms with van der Waals surface area (Å²) in [4.78, 5) is 15.0. The zero-order chi connectivity index (χ0) is 9.84. The first-order valence-electron chi connectivity index (χ1n) is 4.22. The van der Waals surface area contributed by atoms with Crippen molar-refractivity contribution < 1.29 is 9.53 Å². The fraction of sp³-hybridized carbons (Fsp3) is 0.400. The lowest BCUT2D eigenvalue weighted by molar-refractivity contribution is 0.101. The summed E-state index contributed by atoms with van der Waals surface area (Å²) in [5.74, 6) is 0.698. The maximum Gasteiger partial charge on any atom is 0.178 e. The Kier molecular flexibility index (Phi) is 3.01. The fourth-order valence-electron chi connectivity index (χ4n) is 1.11. The first-order chi connectivity index (χ1) is 6.19. The molecular formula is C10H13NO2. The summed E-state index contributed by atoms with van der Waals surface area (Å²) < 4.78 is 5.13. The van der Waals surface area contributed by atoms with Gasteiger partial charge < -0.3 is 4.74 Å². The van der Waals surface area contributed by atoms with Crippen molar-refractivity contribution in [2.75, 3.05) is 7.11 Å². The van der Waals surface area contributed by atoms with Crippen molar-refractivity contribution in [3.63, 3.8) is 0 Å². The molecule has 1 rings (SSSR count). The van der Waals surface area contributed by atoms with Gasteiger partial charge in [-0.05, 0) is 6.42 Å². The third kappa shape index (κ3) is 2.05. The predicted molar refractivity (Wildman–Crippen MR) is 50.2 cm³/mol. The molecule has 0 unspecified atom stereocenters. The molecule has 0 radical (unpaired) electrons. The van der Waals surface area contributed by atoms with Crippen LogP contribution in [0.2, 0.25) is 0 Å². The van der Waals surface area contributed by atoms with Gasteiger partial charge in [0.05, 0.1) is 7.11 Å². The zero-order valence-electron chi connectivity index (χ0n) is 8.13. The molecule has 0 aliphatic rings. The Morgan fingerprint density at radius 1 is 1.62 bits per heavy atom. The van der Waals surface area contributed by atoms with Gasteiger partial charge in [-0.3, -0.25) is 9.78 Å². The van der Waals surface area contributed by atoms with E-state index in [-0.39, 0.29) is 5.78 Å². The second-order valence-electron chi connectivity index (χ2n) is 2.79. The zero-order valence-corrected chi connectivity index (χ0v) is 8.13. The van der Waals surface area contributed by atoms with Crippen LogP contribution in [0.5, 0.6) is 5.75 Å². The maximum atomic E-state index is 11.0. The number of hydrogen-bond donors (Lipinski definition) is 0. The minimum atomic E-state index is -0.0408. The number of carbonyl (C=O) groups is 1. The van der Waals surface area contributed by atoms with Gasteiger partial charge in [-0.1, -0.05) is 6.92 Å². The SMILES string of the molecule is CCc1cnc(C(C)=O)cc1OC. The van der Waals surface area contributed by atoms with Gasteiger partial charge in [-0.2, -0.15) is 0 Å². The number of aryl methyl sites for hydroxylation is 1. The first-order valence-corrected chi connectivity index (χ1v) is 4.22. The van der Waals surface area contributed by atoms with Crippen LogP contribution in [0.3, 0.4) is 0 Å². The monoisotopic (exact) mass is 179 g/mol. The number of rotatable bonds is 3. The highest BCUT2D eigenvalue weighted by molar-refractivity contribution is 5.92. The van der Waals surface area contributed by atoms with Crippen molar-refractivity contribution in [2.45, 2.75) is 20.3 Å². The number of methoxy groups -OCH3 is 1. The lowest BCUT2D eigenvalue weighted by Crippen LogP contribution is -2.00. The van der Waals surface area contributed by atoms with Crippen molar-refractivity contribution >= 4 is 5.78 Å². The Morgan fingerprint density at radius 2 is 2.31 bits per heavy atom. The molecule has 0 aromatic carbocycles. The molecule has 3 heteroatoms. The average molecular weight is 179 g/mol. The molecule has 0 N–H and O–H groups in total. The predicted octanol–water partition coefficient (Wildman–Crippen LogP) is 1.86. The molecule has 1 heterocycles. The Labute approximate surface area is 77.8 Å². The van der Waals surface area contributed by atoms with Crippen molar-refractivity contribution in [1.82, 2.24) is 4.98 Å². The lowest BCUT2D eigenvalue weighted by Gasteiger charge is -2.06. The minimum Gasteiger partial charge on any atom is -0.496 e. The third-order valence-corrected chi connectivity index (χ3v) is 1.91. The van der Waals surface area contributed by atoms with Gasteiger partial charge in [-0.15, -0.1) is 0 Å². The van der Waals surface area contributed by atoms with E-state index in [9.17, 15) is 4.79 Å². The van der Waals surface area contributed by atoms with Gasteiger partial charge in [-0.25, -0.2) is 0 Å². The number of carbonyl (C=O) groups excluding carboxylic acids is 1. The average Bonchev–Trinajstić information content (AvgIpc) is 2.16. The van der Waals surface area contributed by atoms with Gasteiger partial charge in [0.1, 0.15) is 11.4 Å². The normalized spacial score (nSPS) is 9.77. The maximum absolute atomic E-state index is 11.0. The second kappa shape index (κ2) is 4.03. The van der Waals surface area contributed by atoms with Crippen LogP contribution in [-0.2, 0) is 6.42 Å². The van der Waals surface area contributed by atoms with E-state index >= 15 is 0 Å². The summed E-state index contributed by atoms with van der Waals surface area (Å²) in [7, 11) is 1.60. The number of ether oxygens (including phenoxy) is 1. The molecule has 0 atom stereocenters. The Balaban J connectivity index is 3.13. The van der Waals surface area contributed by atoms with Gasteiger partial charge in [0, 0.05) is 24.8 Å².